The zero-order chi connectivity index (χ0) is 16.6. The second-order valence-corrected chi connectivity index (χ2v) is 9.53. The van der Waals surface area contributed by atoms with Crippen molar-refractivity contribution in [3.8, 4) is 0 Å². The second-order valence-electron chi connectivity index (χ2n) is 6.62. The Kier molecular flexibility index (Phi) is 4.59. The summed E-state index contributed by atoms with van der Waals surface area (Å²) in [6, 6.07) is 6.49. The van der Waals surface area contributed by atoms with Gasteiger partial charge in [0.15, 0.2) is 9.84 Å². The van der Waals surface area contributed by atoms with Gasteiger partial charge >= 0.3 is 6.09 Å². The van der Waals surface area contributed by atoms with Crippen molar-refractivity contribution >= 4 is 31.9 Å². The molecule has 1 aliphatic rings. The monoisotopic (exact) mass is 389 g/mol. The Labute approximate surface area is 139 Å². The first kappa shape index (κ1) is 17.3. The van der Waals surface area contributed by atoms with Gasteiger partial charge in [0.25, 0.3) is 0 Å². The molecule has 2 rings (SSSR count). The lowest BCUT2D eigenvalue weighted by Gasteiger charge is -2.23. The van der Waals surface area contributed by atoms with E-state index in [9.17, 15) is 13.2 Å². The highest BCUT2D eigenvalue weighted by atomic mass is 79.9. The van der Waals surface area contributed by atoms with E-state index in [1.54, 1.807) is 45.0 Å². The molecule has 22 heavy (non-hydrogen) atoms. The Hall–Kier alpha value is -1.08. The molecular formula is C15H20BrNO4S. The Balaban J connectivity index is 2.06. The minimum Gasteiger partial charge on any atom is -0.444 e. The third-order valence-corrected chi connectivity index (χ3v) is 5.71. The van der Waals surface area contributed by atoms with Crippen LogP contribution in [0.25, 0.3) is 0 Å². The Morgan fingerprint density at radius 2 is 1.82 bits per heavy atom. The van der Waals surface area contributed by atoms with Crippen molar-refractivity contribution in [3.63, 3.8) is 0 Å². The molecule has 0 bridgehead atoms. The van der Waals surface area contributed by atoms with E-state index < -0.39 is 27.1 Å². The van der Waals surface area contributed by atoms with E-state index in [2.05, 4.69) is 21.2 Å². The summed E-state index contributed by atoms with van der Waals surface area (Å²) in [5, 5.41) is 2.71. The van der Waals surface area contributed by atoms with Gasteiger partial charge in [-0.2, -0.15) is 0 Å². The molecule has 0 radical (unpaired) electrons. The largest absolute Gasteiger partial charge is 0.444 e. The van der Waals surface area contributed by atoms with Gasteiger partial charge in [-0.15, -0.1) is 0 Å². The van der Waals surface area contributed by atoms with Crippen molar-refractivity contribution in [3.05, 3.63) is 28.7 Å². The molecule has 1 aromatic rings. The Morgan fingerprint density at radius 1 is 1.27 bits per heavy atom. The third kappa shape index (κ3) is 4.71. The molecule has 1 aliphatic carbocycles. The molecule has 7 heteroatoms. The number of carbonyl (C=O) groups excluding carboxylic acids is 1. The maximum Gasteiger partial charge on any atom is 0.408 e. The fourth-order valence-electron chi connectivity index (χ4n) is 2.07. The quantitative estimate of drug-likeness (QED) is 0.857. The van der Waals surface area contributed by atoms with E-state index in [4.69, 9.17) is 4.74 Å². The van der Waals surface area contributed by atoms with E-state index in [0.717, 1.165) is 4.47 Å². The van der Waals surface area contributed by atoms with E-state index in [0.29, 0.717) is 12.8 Å². The van der Waals surface area contributed by atoms with Gasteiger partial charge in [0.2, 0.25) is 0 Å². The summed E-state index contributed by atoms with van der Waals surface area (Å²) in [6.07, 6.45) is 0.709. The highest BCUT2D eigenvalue weighted by molar-refractivity contribution is 9.10. The lowest BCUT2D eigenvalue weighted by atomic mass is 10.2. The second kappa shape index (κ2) is 5.85. The van der Waals surface area contributed by atoms with Crippen LogP contribution in [0.3, 0.4) is 0 Å². The van der Waals surface area contributed by atoms with Gasteiger partial charge in [-0.3, -0.25) is 0 Å². The Morgan fingerprint density at radius 3 is 2.27 bits per heavy atom. The third-order valence-electron chi connectivity index (χ3n) is 3.26. The number of carbonyl (C=O) groups is 1. The minimum absolute atomic E-state index is 0.110. The van der Waals surface area contributed by atoms with Gasteiger partial charge in [-0.25, -0.2) is 13.2 Å². The number of nitrogens with one attached hydrogen (secondary N) is 1. The average Bonchev–Trinajstić information content (AvgIpc) is 3.05. The van der Waals surface area contributed by atoms with Gasteiger partial charge in [-0.05, 0) is 57.9 Å². The summed E-state index contributed by atoms with van der Waals surface area (Å²) in [4.78, 5) is 12.1. The van der Waals surface area contributed by atoms with Crippen LogP contribution in [0.5, 0.6) is 0 Å². The molecule has 0 aliphatic heterocycles. The molecule has 0 heterocycles. The van der Waals surface area contributed by atoms with E-state index in [-0.39, 0.29) is 10.6 Å². The SMILES string of the molecule is CC(C)(C)OC(=O)NC1(CS(=O)(=O)c2ccc(Br)cc2)CC1. The van der Waals surface area contributed by atoms with Crippen molar-refractivity contribution in [2.24, 2.45) is 0 Å². The van der Waals surface area contributed by atoms with Gasteiger partial charge < -0.3 is 10.1 Å². The van der Waals surface area contributed by atoms with Gasteiger partial charge in [0, 0.05) is 4.47 Å². The van der Waals surface area contributed by atoms with Crippen LogP contribution in [0.15, 0.2) is 33.6 Å². The summed E-state index contributed by atoms with van der Waals surface area (Å²) in [5.74, 6) is -0.110. The van der Waals surface area contributed by atoms with Crippen LogP contribution in [-0.2, 0) is 14.6 Å². The normalized spacial score (nSPS) is 16.9. The molecule has 0 unspecified atom stereocenters. The highest BCUT2D eigenvalue weighted by Gasteiger charge is 2.48. The fourth-order valence-corrected chi connectivity index (χ4v) is 4.14. The molecule has 1 N–H and O–H groups in total. The Bertz CT molecular complexity index is 658. The average molecular weight is 390 g/mol. The molecule has 0 spiro atoms. The van der Waals surface area contributed by atoms with Crippen molar-refractivity contribution in [1.82, 2.24) is 5.32 Å². The molecule has 0 atom stereocenters. The van der Waals surface area contributed by atoms with E-state index in [1.807, 2.05) is 0 Å². The smallest absolute Gasteiger partial charge is 0.408 e. The van der Waals surface area contributed by atoms with E-state index >= 15 is 0 Å². The summed E-state index contributed by atoms with van der Waals surface area (Å²) in [7, 11) is -3.45. The van der Waals surface area contributed by atoms with Crippen molar-refractivity contribution in [1.29, 1.82) is 0 Å². The zero-order valence-electron chi connectivity index (χ0n) is 12.8. The molecule has 0 aromatic heterocycles. The molecule has 1 amide bonds. The fraction of sp³-hybridized carbons (Fsp3) is 0.533. The number of hydrogen-bond donors (Lipinski definition) is 1. The summed E-state index contributed by atoms with van der Waals surface area (Å²) in [5.41, 5.74) is -1.31. The molecular weight excluding hydrogens is 370 g/mol. The topological polar surface area (TPSA) is 72.5 Å². The van der Waals surface area contributed by atoms with Crippen molar-refractivity contribution in [2.75, 3.05) is 5.75 Å². The van der Waals surface area contributed by atoms with Gasteiger partial charge in [0.1, 0.15) is 5.60 Å². The first-order valence-electron chi connectivity index (χ1n) is 7.01. The molecule has 1 fully saturated rings. The van der Waals surface area contributed by atoms with Crippen LogP contribution in [-0.4, -0.2) is 31.4 Å². The lowest BCUT2D eigenvalue weighted by molar-refractivity contribution is 0.0502. The van der Waals surface area contributed by atoms with Crippen LogP contribution < -0.4 is 5.32 Å². The standard InChI is InChI=1S/C15H20BrNO4S/c1-14(2,3)21-13(18)17-15(8-9-15)10-22(19,20)12-6-4-11(16)5-7-12/h4-7H,8-10H2,1-3H3,(H,17,18). The molecule has 0 saturated heterocycles. The number of alkyl carbamates (subject to hydrolysis) is 1. The highest BCUT2D eigenvalue weighted by Crippen LogP contribution is 2.38. The van der Waals surface area contributed by atoms with Gasteiger partial charge in [0.05, 0.1) is 16.2 Å². The van der Waals surface area contributed by atoms with Gasteiger partial charge in [-0.1, -0.05) is 15.9 Å². The van der Waals surface area contributed by atoms with Crippen LogP contribution in [0, 0.1) is 0 Å². The number of benzene rings is 1. The maximum atomic E-state index is 12.5. The first-order chi connectivity index (χ1) is 10.0. The zero-order valence-corrected chi connectivity index (χ0v) is 15.3. The summed E-state index contributed by atoms with van der Waals surface area (Å²) >= 11 is 3.28. The summed E-state index contributed by atoms with van der Waals surface area (Å²) in [6.45, 7) is 5.31. The number of sulfone groups is 1. The number of ether oxygens (including phenoxy) is 1. The van der Waals surface area contributed by atoms with Crippen molar-refractivity contribution in [2.45, 2.75) is 49.6 Å². The van der Waals surface area contributed by atoms with Crippen LogP contribution in [0.2, 0.25) is 0 Å². The van der Waals surface area contributed by atoms with E-state index in [1.165, 1.54) is 0 Å². The summed E-state index contributed by atoms with van der Waals surface area (Å²) < 4.78 is 30.9. The number of hydrogen-bond acceptors (Lipinski definition) is 4. The van der Waals surface area contributed by atoms with Crippen molar-refractivity contribution < 1.29 is 17.9 Å². The van der Waals surface area contributed by atoms with Crippen LogP contribution >= 0.6 is 15.9 Å². The van der Waals surface area contributed by atoms with Crippen LogP contribution in [0.4, 0.5) is 4.79 Å². The molecule has 5 nitrogen and oxygen atoms in total. The van der Waals surface area contributed by atoms with Crippen LogP contribution in [0.1, 0.15) is 33.6 Å². The maximum absolute atomic E-state index is 12.5. The number of rotatable bonds is 4. The lowest BCUT2D eigenvalue weighted by Crippen LogP contribution is -2.44. The predicted molar refractivity (Wildman–Crippen MR) is 87.5 cm³/mol. The predicted octanol–water partition coefficient (Wildman–Crippen LogP) is 3.28. The minimum atomic E-state index is -3.45. The molecule has 122 valence electrons. The first-order valence-corrected chi connectivity index (χ1v) is 9.45. The molecule has 1 aromatic carbocycles. The molecule has 1 saturated carbocycles. The number of halogens is 1. The number of amides is 1.